The lowest BCUT2D eigenvalue weighted by atomic mass is 9.99. The maximum Gasteiger partial charge on any atom is 0.231 e. The summed E-state index contributed by atoms with van der Waals surface area (Å²) >= 11 is 0. The van der Waals surface area contributed by atoms with Crippen LogP contribution < -0.4 is 5.32 Å². The summed E-state index contributed by atoms with van der Waals surface area (Å²) in [6.45, 7) is 0. The van der Waals surface area contributed by atoms with Crippen molar-refractivity contribution in [2.75, 3.05) is 0 Å². The zero-order valence-electron chi connectivity index (χ0n) is 6.03. The zero-order chi connectivity index (χ0) is 7.68. The summed E-state index contributed by atoms with van der Waals surface area (Å²) in [5.74, 6) is 0.0364. The SMILES string of the molecule is O=C1N[C@H]2C=CC=C[C@@H]1C=C2. The van der Waals surface area contributed by atoms with E-state index in [2.05, 4.69) is 5.32 Å². The molecular weight excluding hydrogens is 138 g/mol. The van der Waals surface area contributed by atoms with E-state index in [4.69, 9.17) is 0 Å². The molecule has 3 aliphatic rings. The Morgan fingerprint density at radius 1 is 1.09 bits per heavy atom. The Hall–Kier alpha value is -1.31. The monoisotopic (exact) mass is 147 g/mol. The van der Waals surface area contributed by atoms with E-state index in [9.17, 15) is 4.79 Å². The van der Waals surface area contributed by atoms with Crippen molar-refractivity contribution in [2.24, 2.45) is 5.92 Å². The molecule has 56 valence electrons. The van der Waals surface area contributed by atoms with E-state index in [0.29, 0.717) is 0 Å². The number of carbonyl (C=O) groups excluding carboxylic acids is 1. The minimum atomic E-state index is -0.0591. The molecule has 0 aromatic carbocycles. The van der Waals surface area contributed by atoms with Crippen molar-refractivity contribution in [1.82, 2.24) is 5.32 Å². The summed E-state index contributed by atoms with van der Waals surface area (Å²) in [5, 5.41) is 2.85. The van der Waals surface area contributed by atoms with Crippen molar-refractivity contribution < 1.29 is 4.79 Å². The molecule has 0 saturated carbocycles. The summed E-state index contributed by atoms with van der Waals surface area (Å²) in [7, 11) is 0. The van der Waals surface area contributed by atoms with Crippen LogP contribution in [-0.2, 0) is 4.79 Å². The van der Waals surface area contributed by atoms with Crippen LogP contribution in [0.4, 0.5) is 0 Å². The molecule has 2 heterocycles. The van der Waals surface area contributed by atoms with Crippen molar-refractivity contribution in [3.05, 3.63) is 36.5 Å². The largest absolute Gasteiger partial charge is 0.346 e. The molecule has 0 spiro atoms. The van der Waals surface area contributed by atoms with E-state index in [0.717, 1.165) is 0 Å². The molecular formula is C9H9NO. The quantitative estimate of drug-likeness (QED) is 0.504. The third-order valence-corrected chi connectivity index (χ3v) is 1.89. The number of rotatable bonds is 0. The van der Waals surface area contributed by atoms with Gasteiger partial charge in [-0.05, 0) is 0 Å². The molecule has 0 radical (unpaired) electrons. The molecule has 2 atom stereocenters. The summed E-state index contributed by atoms with van der Waals surface area (Å²) < 4.78 is 0. The molecule has 0 unspecified atom stereocenters. The molecule has 3 rings (SSSR count). The molecule has 0 fully saturated rings. The third-order valence-electron chi connectivity index (χ3n) is 1.89. The minimum Gasteiger partial charge on any atom is -0.346 e. The van der Waals surface area contributed by atoms with Gasteiger partial charge in [-0.3, -0.25) is 4.79 Å². The van der Waals surface area contributed by atoms with Crippen LogP contribution in [0.1, 0.15) is 0 Å². The van der Waals surface area contributed by atoms with Gasteiger partial charge in [0.1, 0.15) is 0 Å². The molecule has 2 aliphatic heterocycles. The van der Waals surface area contributed by atoms with Gasteiger partial charge in [0.15, 0.2) is 0 Å². The van der Waals surface area contributed by atoms with Crippen LogP contribution in [0.3, 0.4) is 0 Å². The average molecular weight is 147 g/mol. The first-order valence-corrected chi connectivity index (χ1v) is 3.70. The Balaban J connectivity index is 2.38. The Kier molecular flexibility index (Phi) is 1.39. The lowest BCUT2D eigenvalue weighted by Crippen LogP contribution is -2.39. The van der Waals surface area contributed by atoms with Gasteiger partial charge in [-0.2, -0.15) is 0 Å². The fourth-order valence-corrected chi connectivity index (χ4v) is 1.27. The molecule has 2 nitrogen and oxygen atoms in total. The van der Waals surface area contributed by atoms with Gasteiger partial charge in [0.2, 0.25) is 5.91 Å². The van der Waals surface area contributed by atoms with Crippen LogP contribution in [0.25, 0.3) is 0 Å². The maximum absolute atomic E-state index is 11.2. The molecule has 0 aromatic rings. The van der Waals surface area contributed by atoms with Crippen molar-refractivity contribution >= 4 is 5.91 Å². The summed E-state index contributed by atoms with van der Waals surface area (Å²) in [4.78, 5) is 11.2. The van der Waals surface area contributed by atoms with Gasteiger partial charge in [0.05, 0.1) is 12.0 Å². The van der Waals surface area contributed by atoms with Crippen LogP contribution in [0.15, 0.2) is 36.5 Å². The van der Waals surface area contributed by atoms with Crippen LogP contribution in [0.5, 0.6) is 0 Å². The smallest absolute Gasteiger partial charge is 0.231 e. The van der Waals surface area contributed by atoms with Crippen molar-refractivity contribution in [2.45, 2.75) is 6.04 Å². The number of nitrogens with one attached hydrogen (secondary N) is 1. The molecule has 1 aliphatic carbocycles. The fraction of sp³-hybridized carbons (Fsp3) is 0.222. The summed E-state index contributed by atoms with van der Waals surface area (Å²) in [5.41, 5.74) is 0. The molecule has 2 heteroatoms. The normalized spacial score (nSPS) is 33.3. The zero-order valence-corrected chi connectivity index (χ0v) is 6.03. The Labute approximate surface area is 65.3 Å². The first-order chi connectivity index (χ1) is 5.36. The predicted molar refractivity (Wildman–Crippen MR) is 42.8 cm³/mol. The molecule has 1 N–H and O–H groups in total. The van der Waals surface area contributed by atoms with Gasteiger partial charge in [0, 0.05) is 0 Å². The second-order valence-electron chi connectivity index (χ2n) is 2.71. The minimum absolute atomic E-state index is 0.0591. The second kappa shape index (κ2) is 2.38. The number of carbonyl (C=O) groups is 1. The van der Waals surface area contributed by atoms with Gasteiger partial charge in [-0.25, -0.2) is 0 Å². The number of allylic oxidation sites excluding steroid dienone is 2. The fourth-order valence-electron chi connectivity index (χ4n) is 1.27. The maximum atomic E-state index is 11.2. The van der Waals surface area contributed by atoms with Crippen LogP contribution in [0, 0.1) is 5.92 Å². The first kappa shape index (κ1) is 6.40. The Morgan fingerprint density at radius 3 is 2.73 bits per heavy atom. The number of fused-ring (bicyclic) bond motifs is 2. The predicted octanol–water partition coefficient (Wildman–Crippen LogP) is 0.783. The lowest BCUT2D eigenvalue weighted by Gasteiger charge is -2.20. The number of hydrogen-bond acceptors (Lipinski definition) is 1. The van der Waals surface area contributed by atoms with E-state index in [1.165, 1.54) is 0 Å². The first-order valence-electron chi connectivity index (χ1n) is 3.70. The van der Waals surface area contributed by atoms with Gasteiger partial charge in [0.25, 0.3) is 0 Å². The molecule has 1 amide bonds. The number of amides is 1. The average Bonchev–Trinajstić information content (AvgIpc) is 1.92. The van der Waals surface area contributed by atoms with Crippen LogP contribution in [0.2, 0.25) is 0 Å². The topological polar surface area (TPSA) is 29.1 Å². The Bertz CT molecular complexity index is 263. The van der Waals surface area contributed by atoms with E-state index < -0.39 is 0 Å². The summed E-state index contributed by atoms with van der Waals surface area (Å²) in [6, 6.07) is 0.101. The highest BCUT2D eigenvalue weighted by Gasteiger charge is 2.19. The van der Waals surface area contributed by atoms with Gasteiger partial charge >= 0.3 is 0 Å². The molecule has 2 bridgehead atoms. The highest BCUT2D eigenvalue weighted by molar-refractivity contribution is 5.84. The van der Waals surface area contributed by atoms with E-state index >= 15 is 0 Å². The number of hydrogen-bond donors (Lipinski definition) is 1. The van der Waals surface area contributed by atoms with Crippen molar-refractivity contribution in [3.8, 4) is 0 Å². The molecule has 0 saturated heterocycles. The van der Waals surface area contributed by atoms with Crippen molar-refractivity contribution in [1.29, 1.82) is 0 Å². The second-order valence-corrected chi connectivity index (χ2v) is 2.71. The highest BCUT2D eigenvalue weighted by atomic mass is 16.1. The molecule has 11 heavy (non-hydrogen) atoms. The molecule has 0 aromatic heterocycles. The van der Waals surface area contributed by atoms with Gasteiger partial charge in [-0.15, -0.1) is 0 Å². The van der Waals surface area contributed by atoms with Gasteiger partial charge in [-0.1, -0.05) is 36.5 Å². The van der Waals surface area contributed by atoms with E-state index in [-0.39, 0.29) is 17.9 Å². The Morgan fingerprint density at radius 2 is 1.91 bits per heavy atom. The third kappa shape index (κ3) is 1.11. The standard InChI is InChI=1S/C9H9NO/c11-9-7-3-1-2-4-8(10-9)6-5-7/h1-8H,(H,10,11)/t7-,8+/m1/s1. The lowest BCUT2D eigenvalue weighted by molar-refractivity contribution is -0.123. The van der Waals surface area contributed by atoms with E-state index in [1.807, 2.05) is 36.5 Å². The van der Waals surface area contributed by atoms with E-state index in [1.54, 1.807) is 0 Å². The van der Waals surface area contributed by atoms with Crippen LogP contribution in [-0.4, -0.2) is 11.9 Å². The van der Waals surface area contributed by atoms with Gasteiger partial charge < -0.3 is 5.32 Å². The highest BCUT2D eigenvalue weighted by Crippen LogP contribution is 2.12. The van der Waals surface area contributed by atoms with Crippen LogP contribution >= 0.6 is 0 Å². The van der Waals surface area contributed by atoms with Crippen molar-refractivity contribution in [3.63, 3.8) is 0 Å². The summed E-state index contributed by atoms with van der Waals surface area (Å²) in [6.07, 6.45) is 11.7.